The average Bonchev–Trinajstić information content (AvgIpc) is 2.14. The van der Waals surface area contributed by atoms with Crippen LogP contribution in [0.1, 0.15) is 32.3 Å². The third-order valence-corrected chi connectivity index (χ3v) is 2.60. The number of ether oxygens (including phenoxy) is 1. The van der Waals surface area contributed by atoms with Gasteiger partial charge in [0.05, 0.1) is 6.61 Å². The Kier molecular flexibility index (Phi) is 5.09. The standard InChI is InChI=1S/C12H18BrNO/c1-9(2)5-4-6-15-12-10(3)7-11(13)8-14-12/h7-9H,4-6H2,1-3H3. The van der Waals surface area contributed by atoms with Gasteiger partial charge in [-0.1, -0.05) is 13.8 Å². The molecular formula is C12H18BrNO. The number of hydrogen-bond donors (Lipinski definition) is 0. The Balaban J connectivity index is 2.37. The van der Waals surface area contributed by atoms with Gasteiger partial charge in [-0.25, -0.2) is 4.98 Å². The van der Waals surface area contributed by atoms with Crippen molar-refractivity contribution in [2.75, 3.05) is 6.61 Å². The molecule has 1 aromatic rings. The molecule has 1 rings (SSSR count). The Morgan fingerprint density at radius 3 is 2.80 bits per heavy atom. The summed E-state index contributed by atoms with van der Waals surface area (Å²) in [5.74, 6) is 1.49. The summed E-state index contributed by atoms with van der Waals surface area (Å²) >= 11 is 3.38. The van der Waals surface area contributed by atoms with Crippen LogP contribution in [0.5, 0.6) is 5.88 Å². The van der Waals surface area contributed by atoms with Gasteiger partial charge in [-0.2, -0.15) is 0 Å². The fraction of sp³-hybridized carbons (Fsp3) is 0.583. The Morgan fingerprint density at radius 1 is 1.47 bits per heavy atom. The van der Waals surface area contributed by atoms with E-state index in [1.165, 1.54) is 6.42 Å². The van der Waals surface area contributed by atoms with Gasteiger partial charge in [-0.05, 0) is 47.7 Å². The maximum absolute atomic E-state index is 5.61. The Hall–Kier alpha value is -0.570. The molecule has 2 nitrogen and oxygen atoms in total. The number of aryl methyl sites for hydroxylation is 1. The van der Waals surface area contributed by atoms with Crippen LogP contribution in [0, 0.1) is 12.8 Å². The number of hydrogen-bond acceptors (Lipinski definition) is 2. The lowest BCUT2D eigenvalue weighted by molar-refractivity contribution is 0.285. The van der Waals surface area contributed by atoms with Crippen LogP contribution >= 0.6 is 15.9 Å². The van der Waals surface area contributed by atoms with E-state index in [-0.39, 0.29) is 0 Å². The third-order valence-electron chi connectivity index (χ3n) is 2.16. The second kappa shape index (κ2) is 6.11. The van der Waals surface area contributed by atoms with Gasteiger partial charge in [0, 0.05) is 16.2 Å². The van der Waals surface area contributed by atoms with Gasteiger partial charge < -0.3 is 4.74 Å². The van der Waals surface area contributed by atoms with Crippen LogP contribution in [0.4, 0.5) is 0 Å². The van der Waals surface area contributed by atoms with E-state index in [1.54, 1.807) is 6.20 Å². The molecule has 0 fully saturated rings. The van der Waals surface area contributed by atoms with Crippen molar-refractivity contribution in [1.29, 1.82) is 0 Å². The fourth-order valence-electron chi connectivity index (χ4n) is 1.34. The molecule has 0 bridgehead atoms. The summed E-state index contributed by atoms with van der Waals surface area (Å²) in [6.45, 7) is 7.22. The molecule has 0 radical (unpaired) electrons. The zero-order valence-electron chi connectivity index (χ0n) is 9.59. The van der Waals surface area contributed by atoms with Gasteiger partial charge in [0.2, 0.25) is 5.88 Å². The molecule has 0 N–H and O–H groups in total. The van der Waals surface area contributed by atoms with Crippen molar-refractivity contribution in [2.45, 2.75) is 33.6 Å². The molecule has 0 aliphatic rings. The van der Waals surface area contributed by atoms with E-state index in [0.29, 0.717) is 0 Å². The monoisotopic (exact) mass is 271 g/mol. The lowest BCUT2D eigenvalue weighted by atomic mass is 10.1. The van der Waals surface area contributed by atoms with Gasteiger partial charge in [0.15, 0.2) is 0 Å². The van der Waals surface area contributed by atoms with Gasteiger partial charge in [-0.15, -0.1) is 0 Å². The number of nitrogens with zero attached hydrogens (tertiary/aromatic N) is 1. The summed E-state index contributed by atoms with van der Waals surface area (Å²) < 4.78 is 6.61. The molecule has 0 aliphatic heterocycles. The largest absolute Gasteiger partial charge is 0.477 e. The molecule has 0 unspecified atom stereocenters. The van der Waals surface area contributed by atoms with Crippen LogP contribution in [0.2, 0.25) is 0 Å². The number of aromatic nitrogens is 1. The lowest BCUT2D eigenvalue weighted by Gasteiger charge is -2.08. The number of halogens is 1. The molecule has 84 valence electrons. The lowest BCUT2D eigenvalue weighted by Crippen LogP contribution is -2.02. The molecule has 0 aliphatic carbocycles. The molecular weight excluding hydrogens is 254 g/mol. The molecule has 1 aromatic heterocycles. The van der Waals surface area contributed by atoms with E-state index in [0.717, 1.165) is 34.9 Å². The molecule has 3 heteroatoms. The zero-order chi connectivity index (χ0) is 11.3. The molecule has 15 heavy (non-hydrogen) atoms. The maximum Gasteiger partial charge on any atom is 0.216 e. The van der Waals surface area contributed by atoms with Crippen molar-refractivity contribution in [3.05, 3.63) is 22.3 Å². The second-order valence-corrected chi connectivity index (χ2v) is 5.08. The van der Waals surface area contributed by atoms with E-state index in [4.69, 9.17) is 4.74 Å². The average molecular weight is 272 g/mol. The maximum atomic E-state index is 5.61. The van der Waals surface area contributed by atoms with Crippen LogP contribution in [0.15, 0.2) is 16.7 Å². The second-order valence-electron chi connectivity index (χ2n) is 4.16. The first-order valence-electron chi connectivity index (χ1n) is 5.34. The van der Waals surface area contributed by atoms with E-state index in [1.807, 2.05) is 13.0 Å². The van der Waals surface area contributed by atoms with Crippen molar-refractivity contribution >= 4 is 15.9 Å². The van der Waals surface area contributed by atoms with E-state index < -0.39 is 0 Å². The van der Waals surface area contributed by atoms with Crippen molar-refractivity contribution in [2.24, 2.45) is 5.92 Å². The first-order valence-corrected chi connectivity index (χ1v) is 6.14. The summed E-state index contributed by atoms with van der Waals surface area (Å²) in [5, 5.41) is 0. The summed E-state index contributed by atoms with van der Waals surface area (Å²) in [6, 6.07) is 2.02. The third kappa shape index (κ3) is 4.65. The van der Waals surface area contributed by atoms with Crippen molar-refractivity contribution in [3.63, 3.8) is 0 Å². The molecule has 0 saturated carbocycles. The minimum atomic E-state index is 0.743. The summed E-state index contributed by atoms with van der Waals surface area (Å²) in [7, 11) is 0. The summed E-state index contributed by atoms with van der Waals surface area (Å²) in [4.78, 5) is 4.23. The molecule has 0 aromatic carbocycles. The van der Waals surface area contributed by atoms with Gasteiger partial charge in [-0.3, -0.25) is 0 Å². The van der Waals surface area contributed by atoms with E-state index >= 15 is 0 Å². The van der Waals surface area contributed by atoms with Crippen LogP contribution in [0.25, 0.3) is 0 Å². The van der Waals surface area contributed by atoms with Crippen LogP contribution < -0.4 is 4.74 Å². The zero-order valence-corrected chi connectivity index (χ0v) is 11.2. The first kappa shape index (κ1) is 12.5. The molecule has 1 heterocycles. The van der Waals surface area contributed by atoms with E-state index in [9.17, 15) is 0 Å². The Morgan fingerprint density at radius 2 is 2.20 bits per heavy atom. The van der Waals surface area contributed by atoms with Crippen molar-refractivity contribution < 1.29 is 4.74 Å². The molecule has 0 saturated heterocycles. The van der Waals surface area contributed by atoms with Crippen LogP contribution in [-0.2, 0) is 0 Å². The van der Waals surface area contributed by atoms with Crippen LogP contribution in [0.3, 0.4) is 0 Å². The smallest absolute Gasteiger partial charge is 0.216 e. The number of rotatable bonds is 5. The SMILES string of the molecule is Cc1cc(Br)cnc1OCCCC(C)C. The van der Waals surface area contributed by atoms with Gasteiger partial charge >= 0.3 is 0 Å². The molecule has 0 spiro atoms. The Bertz CT molecular complexity index is 312. The van der Waals surface area contributed by atoms with Crippen LogP contribution in [-0.4, -0.2) is 11.6 Å². The predicted molar refractivity (Wildman–Crippen MR) is 66.2 cm³/mol. The highest BCUT2D eigenvalue weighted by molar-refractivity contribution is 9.10. The highest BCUT2D eigenvalue weighted by Crippen LogP contribution is 2.19. The minimum absolute atomic E-state index is 0.743. The predicted octanol–water partition coefficient (Wildman–Crippen LogP) is 3.97. The highest BCUT2D eigenvalue weighted by atomic mass is 79.9. The van der Waals surface area contributed by atoms with E-state index in [2.05, 4.69) is 34.8 Å². The first-order chi connectivity index (χ1) is 7.09. The van der Waals surface area contributed by atoms with Gasteiger partial charge in [0.1, 0.15) is 0 Å². The topological polar surface area (TPSA) is 22.1 Å². The normalized spacial score (nSPS) is 10.7. The minimum Gasteiger partial charge on any atom is -0.477 e. The molecule has 0 atom stereocenters. The summed E-state index contributed by atoms with van der Waals surface area (Å²) in [6.07, 6.45) is 4.06. The van der Waals surface area contributed by atoms with Gasteiger partial charge in [0.25, 0.3) is 0 Å². The number of pyridine rings is 1. The highest BCUT2D eigenvalue weighted by Gasteiger charge is 2.01. The fourth-order valence-corrected chi connectivity index (χ4v) is 1.79. The Labute approximate surface area is 100 Å². The summed E-state index contributed by atoms with van der Waals surface area (Å²) in [5.41, 5.74) is 1.08. The van der Waals surface area contributed by atoms with Crippen molar-refractivity contribution in [1.82, 2.24) is 4.98 Å². The quantitative estimate of drug-likeness (QED) is 0.757. The molecule has 0 amide bonds. The van der Waals surface area contributed by atoms with Crippen molar-refractivity contribution in [3.8, 4) is 5.88 Å².